The summed E-state index contributed by atoms with van der Waals surface area (Å²) in [6.07, 6.45) is 2.17. The Morgan fingerprint density at radius 3 is 2.17 bits per heavy atom. The monoisotopic (exact) mass is 519 g/mol. The molecule has 198 valence electrons. The Balaban J connectivity index is 2.46. The van der Waals surface area contributed by atoms with Gasteiger partial charge in [0.25, 0.3) is 0 Å². The van der Waals surface area contributed by atoms with Crippen LogP contribution in [0.1, 0.15) is 37.8 Å². The maximum atomic E-state index is 13.7. The molecule has 2 rings (SSSR count). The van der Waals surface area contributed by atoms with Crippen molar-refractivity contribution < 1.29 is 27.5 Å². The highest BCUT2D eigenvalue weighted by Gasteiger charge is 2.31. The van der Waals surface area contributed by atoms with E-state index in [2.05, 4.69) is 5.32 Å². The zero-order valence-electron chi connectivity index (χ0n) is 21.9. The molecule has 0 bridgehead atoms. The molecule has 0 heterocycles. The second-order valence-electron chi connectivity index (χ2n) is 8.53. The number of sulfonamides is 1. The molecule has 0 aliphatic rings. The minimum Gasteiger partial charge on any atom is -0.493 e. The van der Waals surface area contributed by atoms with Crippen LogP contribution in [0.3, 0.4) is 0 Å². The molecule has 0 aromatic heterocycles. The fraction of sp³-hybridized carbons (Fsp3) is 0.462. The predicted molar refractivity (Wildman–Crippen MR) is 141 cm³/mol. The van der Waals surface area contributed by atoms with Crippen molar-refractivity contribution in [3.05, 3.63) is 53.6 Å². The summed E-state index contributed by atoms with van der Waals surface area (Å²) in [5, 5.41) is 2.86. The molecular weight excluding hydrogens is 482 g/mol. The molecule has 2 aromatic rings. The van der Waals surface area contributed by atoms with Crippen LogP contribution in [0, 0.1) is 6.92 Å². The van der Waals surface area contributed by atoms with Gasteiger partial charge >= 0.3 is 0 Å². The van der Waals surface area contributed by atoms with Crippen LogP contribution in [-0.2, 0) is 26.2 Å². The van der Waals surface area contributed by atoms with Crippen molar-refractivity contribution in [1.29, 1.82) is 0 Å². The number of rotatable bonds is 13. The maximum absolute atomic E-state index is 13.7. The Hall–Kier alpha value is -3.27. The molecule has 1 atom stereocenters. The van der Waals surface area contributed by atoms with Crippen molar-refractivity contribution in [1.82, 2.24) is 10.2 Å². The van der Waals surface area contributed by atoms with Gasteiger partial charge in [-0.1, -0.05) is 43.7 Å². The van der Waals surface area contributed by atoms with Gasteiger partial charge in [-0.05, 0) is 37.5 Å². The van der Waals surface area contributed by atoms with Crippen molar-refractivity contribution in [3.8, 4) is 11.5 Å². The second kappa shape index (κ2) is 13.2. The number of anilines is 1. The molecule has 36 heavy (non-hydrogen) atoms. The Kier molecular flexibility index (Phi) is 10.6. The van der Waals surface area contributed by atoms with E-state index in [1.807, 2.05) is 45.0 Å². The Labute approximate surface area is 214 Å². The van der Waals surface area contributed by atoms with E-state index in [1.165, 1.54) is 25.2 Å². The first-order valence-corrected chi connectivity index (χ1v) is 13.7. The number of benzene rings is 2. The highest BCUT2D eigenvalue weighted by atomic mass is 32.2. The molecule has 0 saturated heterocycles. The van der Waals surface area contributed by atoms with E-state index in [4.69, 9.17) is 9.47 Å². The molecule has 0 unspecified atom stereocenters. The molecule has 0 fully saturated rings. The van der Waals surface area contributed by atoms with Gasteiger partial charge in [-0.3, -0.25) is 13.9 Å². The van der Waals surface area contributed by atoms with Gasteiger partial charge < -0.3 is 19.7 Å². The number of nitrogens with one attached hydrogen (secondary N) is 1. The lowest BCUT2D eigenvalue weighted by Gasteiger charge is -2.33. The Morgan fingerprint density at radius 2 is 1.64 bits per heavy atom. The van der Waals surface area contributed by atoms with E-state index in [0.29, 0.717) is 24.5 Å². The molecule has 9 nitrogen and oxygen atoms in total. The summed E-state index contributed by atoms with van der Waals surface area (Å²) in [6, 6.07) is 11.5. The SMILES string of the molecule is CCCNC(=O)[C@@H](CC)N(Cc1ccc(C)cc1)C(=O)CN(c1ccc(OC)c(OC)c1)S(C)(=O)=O. The van der Waals surface area contributed by atoms with Gasteiger partial charge in [0, 0.05) is 19.2 Å². The number of nitrogens with zero attached hydrogens (tertiary/aromatic N) is 2. The number of carbonyl (C=O) groups is 2. The molecule has 10 heteroatoms. The molecule has 0 saturated carbocycles. The zero-order chi connectivity index (χ0) is 26.9. The van der Waals surface area contributed by atoms with E-state index in [9.17, 15) is 18.0 Å². The first kappa shape index (κ1) is 29.0. The second-order valence-corrected chi connectivity index (χ2v) is 10.4. The standard InChI is InChI=1S/C26H37N3O6S/c1-7-15-27-26(31)22(8-2)28(17-20-11-9-19(3)10-12-20)25(30)18-29(36(6,32)33)21-13-14-23(34-4)24(16-21)35-5/h9-14,16,22H,7-8,15,17-18H2,1-6H3,(H,27,31)/t22-/m1/s1. The zero-order valence-corrected chi connectivity index (χ0v) is 22.7. The highest BCUT2D eigenvalue weighted by molar-refractivity contribution is 7.92. The lowest BCUT2D eigenvalue weighted by atomic mass is 10.1. The molecular formula is C26H37N3O6S. The van der Waals surface area contributed by atoms with E-state index in [-0.39, 0.29) is 18.1 Å². The number of amides is 2. The quantitative estimate of drug-likeness (QED) is 0.436. The van der Waals surface area contributed by atoms with Gasteiger partial charge in [0.1, 0.15) is 12.6 Å². The summed E-state index contributed by atoms with van der Waals surface area (Å²) in [5.74, 6) is 0.00442. The van der Waals surface area contributed by atoms with Crippen LogP contribution in [0.2, 0.25) is 0 Å². The lowest BCUT2D eigenvalue weighted by Crippen LogP contribution is -2.52. The molecule has 0 radical (unpaired) electrons. The number of carbonyl (C=O) groups excluding carboxylic acids is 2. The van der Waals surface area contributed by atoms with Crippen molar-refractivity contribution in [2.45, 2.75) is 46.2 Å². The first-order chi connectivity index (χ1) is 17.0. The molecule has 2 amide bonds. The smallest absolute Gasteiger partial charge is 0.244 e. The van der Waals surface area contributed by atoms with Crippen LogP contribution in [0.5, 0.6) is 11.5 Å². The average Bonchev–Trinajstić information content (AvgIpc) is 2.85. The van der Waals surface area contributed by atoms with E-state index in [1.54, 1.807) is 12.1 Å². The average molecular weight is 520 g/mol. The largest absolute Gasteiger partial charge is 0.493 e. The number of methoxy groups -OCH3 is 2. The van der Waals surface area contributed by atoms with Gasteiger partial charge in [-0.15, -0.1) is 0 Å². The van der Waals surface area contributed by atoms with E-state index < -0.39 is 28.5 Å². The Bertz CT molecular complexity index is 1130. The molecule has 0 aliphatic carbocycles. The molecule has 0 aliphatic heterocycles. The van der Waals surface area contributed by atoms with Crippen LogP contribution in [-0.4, -0.2) is 64.7 Å². The van der Waals surface area contributed by atoms with E-state index in [0.717, 1.165) is 28.1 Å². The number of hydrogen-bond acceptors (Lipinski definition) is 6. The minimum absolute atomic E-state index is 0.167. The van der Waals surface area contributed by atoms with Crippen LogP contribution in [0.15, 0.2) is 42.5 Å². The maximum Gasteiger partial charge on any atom is 0.244 e. The van der Waals surface area contributed by atoms with E-state index >= 15 is 0 Å². The van der Waals surface area contributed by atoms with Crippen LogP contribution >= 0.6 is 0 Å². The molecule has 1 N–H and O–H groups in total. The first-order valence-electron chi connectivity index (χ1n) is 11.9. The van der Waals surface area contributed by atoms with Crippen molar-refractivity contribution >= 4 is 27.5 Å². The van der Waals surface area contributed by atoms with Gasteiger partial charge in [-0.2, -0.15) is 0 Å². The molecule has 0 spiro atoms. The summed E-state index contributed by atoms with van der Waals surface area (Å²) in [6.45, 7) is 5.92. The fourth-order valence-electron chi connectivity index (χ4n) is 3.77. The number of ether oxygens (including phenoxy) is 2. The minimum atomic E-state index is -3.85. The normalized spacial score (nSPS) is 11.9. The number of hydrogen-bond donors (Lipinski definition) is 1. The third-order valence-corrected chi connectivity index (χ3v) is 6.88. The third kappa shape index (κ3) is 7.61. The van der Waals surface area contributed by atoms with Crippen molar-refractivity contribution in [3.63, 3.8) is 0 Å². The summed E-state index contributed by atoms with van der Waals surface area (Å²) in [5.41, 5.74) is 2.16. The lowest BCUT2D eigenvalue weighted by molar-refractivity contribution is -0.140. The third-order valence-electron chi connectivity index (χ3n) is 5.74. The summed E-state index contributed by atoms with van der Waals surface area (Å²) >= 11 is 0. The predicted octanol–water partition coefficient (Wildman–Crippen LogP) is 3.11. The van der Waals surface area contributed by atoms with Gasteiger partial charge in [-0.25, -0.2) is 8.42 Å². The topological polar surface area (TPSA) is 105 Å². The summed E-state index contributed by atoms with van der Waals surface area (Å²) in [7, 11) is -0.922. The van der Waals surface area contributed by atoms with Crippen molar-refractivity contribution in [2.24, 2.45) is 0 Å². The fourth-order valence-corrected chi connectivity index (χ4v) is 4.61. The van der Waals surface area contributed by atoms with Gasteiger partial charge in [0.05, 0.1) is 26.2 Å². The van der Waals surface area contributed by atoms with Gasteiger partial charge in [0.15, 0.2) is 11.5 Å². The summed E-state index contributed by atoms with van der Waals surface area (Å²) in [4.78, 5) is 28.1. The summed E-state index contributed by atoms with van der Waals surface area (Å²) < 4.78 is 37.1. The highest BCUT2D eigenvalue weighted by Crippen LogP contribution is 2.32. The van der Waals surface area contributed by atoms with Crippen molar-refractivity contribution in [2.75, 3.05) is 37.9 Å². The van der Waals surface area contributed by atoms with Crippen LogP contribution < -0.4 is 19.1 Å². The Morgan fingerprint density at radius 1 is 1.00 bits per heavy atom. The molecule has 2 aromatic carbocycles. The van der Waals surface area contributed by atoms with Crippen LogP contribution in [0.4, 0.5) is 5.69 Å². The number of aryl methyl sites for hydroxylation is 1. The van der Waals surface area contributed by atoms with Crippen LogP contribution in [0.25, 0.3) is 0 Å². The van der Waals surface area contributed by atoms with Gasteiger partial charge in [0.2, 0.25) is 21.8 Å².